The normalized spacial score (nSPS) is 10.5. The number of ether oxygens (including phenoxy) is 1. The molecule has 102 valence electrons. The number of aromatic nitrogens is 1. The largest absolute Gasteiger partial charge is 0.496 e. The predicted molar refractivity (Wildman–Crippen MR) is 80.0 cm³/mol. The molecule has 1 heterocycles. The van der Waals surface area contributed by atoms with E-state index in [1.54, 1.807) is 31.7 Å². The number of carbonyl (C=O) groups is 1. The van der Waals surface area contributed by atoms with Gasteiger partial charge in [-0.25, -0.2) is 5.43 Å². The van der Waals surface area contributed by atoms with Crippen molar-refractivity contribution in [3.05, 3.63) is 58.3 Å². The minimum atomic E-state index is -0.304. The van der Waals surface area contributed by atoms with Gasteiger partial charge in [-0.3, -0.25) is 9.78 Å². The van der Waals surface area contributed by atoms with Crippen LogP contribution < -0.4 is 10.2 Å². The number of benzene rings is 1. The van der Waals surface area contributed by atoms with Gasteiger partial charge in [-0.2, -0.15) is 5.10 Å². The standard InChI is InChI=1S/C14H12BrN3O2/c1-20-13-5-4-10(7-12(13)15)8-17-18-14(19)11-3-2-6-16-9-11/h2-9H,1H3,(H,18,19)/b17-8-. The summed E-state index contributed by atoms with van der Waals surface area (Å²) in [6.07, 6.45) is 4.64. The second kappa shape index (κ2) is 6.81. The van der Waals surface area contributed by atoms with Crippen LogP contribution in [0.4, 0.5) is 0 Å². The van der Waals surface area contributed by atoms with E-state index in [0.717, 1.165) is 15.8 Å². The Kier molecular flexibility index (Phi) is 4.84. The van der Waals surface area contributed by atoms with E-state index >= 15 is 0 Å². The molecule has 0 aliphatic carbocycles. The number of hydrogen-bond acceptors (Lipinski definition) is 4. The van der Waals surface area contributed by atoms with E-state index in [0.29, 0.717) is 5.56 Å². The first-order valence-corrected chi connectivity index (χ1v) is 6.57. The van der Waals surface area contributed by atoms with Crippen molar-refractivity contribution in [1.82, 2.24) is 10.4 Å². The molecule has 2 rings (SSSR count). The molecule has 0 saturated heterocycles. The van der Waals surface area contributed by atoms with Crippen molar-refractivity contribution in [3.8, 4) is 5.75 Å². The number of methoxy groups -OCH3 is 1. The zero-order valence-electron chi connectivity index (χ0n) is 10.7. The second-order valence-corrected chi connectivity index (χ2v) is 4.69. The Hall–Kier alpha value is -2.21. The van der Waals surface area contributed by atoms with E-state index in [1.807, 2.05) is 18.2 Å². The van der Waals surface area contributed by atoms with Crippen LogP contribution in [0, 0.1) is 0 Å². The van der Waals surface area contributed by atoms with Gasteiger partial charge in [-0.15, -0.1) is 0 Å². The Bertz CT molecular complexity index is 630. The number of carbonyl (C=O) groups excluding carboxylic acids is 1. The van der Waals surface area contributed by atoms with Crippen LogP contribution in [-0.2, 0) is 0 Å². The molecule has 1 aromatic carbocycles. The van der Waals surface area contributed by atoms with Gasteiger partial charge in [0.25, 0.3) is 5.91 Å². The van der Waals surface area contributed by atoms with E-state index in [2.05, 4.69) is 31.4 Å². The van der Waals surface area contributed by atoms with Gasteiger partial charge in [0.1, 0.15) is 5.75 Å². The molecule has 0 fully saturated rings. The lowest BCUT2D eigenvalue weighted by molar-refractivity contribution is 0.0955. The molecule has 20 heavy (non-hydrogen) atoms. The SMILES string of the molecule is COc1ccc(/C=N\NC(=O)c2cccnc2)cc1Br. The highest BCUT2D eigenvalue weighted by atomic mass is 79.9. The lowest BCUT2D eigenvalue weighted by Gasteiger charge is -2.03. The molecule has 0 spiro atoms. The monoisotopic (exact) mass is 333 g/mol. The number of amides is 1. The number of rotatable bonds is 4. The van der Waals surface area contributed by atoms with Gasteiger partial charge in [0.05, 0.1) is 23.4 Å². The Morgan fingerprint density at radius 2 is 2.30 bits per heavy atom. The lowest BCUT2D eigenvalue weighted by Crippen LogP contribution is -2.17. The summed E-state index contributed by atoms with van der Waals surface area (Å²) in [7, 11) is 1.60. The topological polar surface area (TPSA) is 63.6 Å². The van der Waals surface area contributed by atoms with Crippen LogP contribution in [0.2, 0.25) is 0 Å². The third-order valence-electron chi connectivity index (χ3n) is 2.48. The van der Waals surface area contributed by atoms with Crippen LogP contribution in [0.3, 0.4) is 0 Å². The number of nitrogens with zero attached hydrogens (tertiary/aromatic N) is 2. The lowest BCUT2D eigenvalue weighted by atomic mass is 10.2. The molecule has 0 unspecified atom stereocenters. The highest BCUT2D eigenvalue weighted by Crippen LogP contribution is 2.24. The molecule has 0 bridgehead atoms. The third-order valence-corrected chi connectivity index (χ3v) is 3.10. The van der Waals surface area contributed by atoms with E-state index < -0.39 is 0 Å². The van der Waals surface area contributed by atoms with Crippen molar-refractivity contribution in [1.29, 1.82) is 0 Å². The summed E-state index contributed by atoms with van der Waals surface area (Å²) in [5.41, 5.74) is 3.74. The molecule has 1 aromatic heterocycles. The van der Waals surface area contributed by atoms with Crippen molar-refractivity contribution in [2.45, 2.75) is 0 Å². The summed E-state index contributed by atoms with van der Waals surface area (Å²) in [5, 5.41) is 3.90. The average Bonchev–Trinajstić information content (AvgIpc) is 2.48. The van der Waals surface area contributed by atoms with Gasteiger partial charge < -0.3 is 4.74 Å². The summed E-state index contributed by atoms with van der Waals surface area (Å²) < 4.78 is 5.95. The molecule has 0 aliphatic rings. The minimum absolute atomic E-state index is 0.304. The smallest absolute Gasteiger partial charge is 0.272 e. The highest BCUT2D eigenvalue weighted by molar-refractivity contribution is 9.10. The molecular weight excluding hydrogens is 322 g/mol. The Morgan fingerprint density at radius 3 is 2.95 bits per heavy atom. The first-order chi connectivity index (χ1) is 9.70. The van der Waals surface area contributed by atoms with Crippen molar-refractivity contribution in [2.24, 2.45) is 5.10 Å². The Balaban J connectivity index is 2.00. The van der Waals surface area contributed by atoms with Gasteiger partial charge in [0.15, 0.2) is 0 Å². The minimum Gasteiger partial charge on any atom is -0.496 e. The first-order valence-electron chi connectivity index (χ1n) is 5.77. The summed E-state index contributed by atoms with van der Waals surface area (Å²) >= 11 is 3.38. The second-order valence-electron chi connectivity index (χ2n) is 3.83. The molecule has 0 saturated carbocycles. The van der Waals surface area contributed by atoms with Crippen LogP contribution in [0.15, 0.2) is 52.3 Å². The van der Waals surface area contributed by atoms with Crippen LogP contribution in [-0.4, -0.2) is 24.2 Å². The molecule has 0 aliphatic heterocycles. The van der Waals surface area contributed by atoms with Crippen LogP contribution in [0.5, 0.6) is 5.75 Å². The van der Waals surface area contributed by atoms with Crippen molar-refractivity contribution in [3.63, 3.8) is 0 Å². The maximum atomic E-state index is 11.7. The predicted octanol–water partition coefficient (Wildman–Crippen LogP) is 2.62. The van der Waals surface area contributed by atoms with Gasteiger partial charge in [-0.1, -0.05) is 0 Å². The fraction of sp³-hybridized carbons (Fsp3) is 0.0714. The zero-order chi connectivity index (χ0) is 14.4. The van der Waals surface area contributed by atoms with Crippen LogP contribution in [0.1, 0.15) is 15.9 Å². The molecule has 0 atom stereocenters. The first kappa shape index (κ1) is 14.2. The number of pyridine rings is 1. The van der Waals surface area contributed by atoms with Crippen molar-refractivity contribution in [2.75, 3.05) is 7.11 Å². The van der Waals surface area contributed by atoms with E-state index in [1.165, 1.54) is 6.20 Å². The number of hydrazone groups is 1. The summed E-state index contributed by atoms with van der Waals surface area (Å²) in [6.45, 7) is 0. The fourth-order valence-corrected chi connectivity index (χ4v) is 2.05. The summed E-state index contributed by atoms with van der Waals surface area (Å²) in [4.78, 5) is 15.6. The van der Waals surface area contributed by atoms with E-state index in [4.69, 9.17) is 4.74 Å². The zero-order valence-corrected chi connectivity index (χ0v) is 12.3. The Labute approximate surface area is 124 Å². The maximum Gasteiger partial charge on any atom is 0.272 e. The van der Waals surface area contributed by atoms with Crippen LogP contribution in [0.25, 0.3) is 0 Å². The van der Waals surface area contributed by atoms with Gasteiger partial charge in [-0.05, 0) is 51.8 Å². The highest BCUT2D eigenvalue weighted by Gasteiger charge is 2.03. The summed E-state index contributed by atoms with van der Waals surface area (Å²) in [5.74, 6) is 0.434. The van der Waals surface area contributed by atoms with Crippen molar-refractivity contribution < 1.29 is 9.53 Å². The molecule has 5 nitrogen and oxygen atoms in total. The Morgan fingerprint density at radius 1 is 1.45 bits per heavy atom. The third kappa shape index (κ3) is 3.64. The van der Waals surface area contributed by atoms with Crippen LogP contribution >= 0.6 is 15.9 Å². The van der Waals surface area contributed by atoms with Gasteiger partial charge >= 0.3 is 0 Å². The molecule has 6 heteroatoms. The van der Waals surface area contributed by atoms with E-state index in [9.17, 15) is 4.79 Å². The molecular formula is C14H12BrN3O2. The number of nitrogens with one attached hydrogen (secondary N) is 1. The molecule has 2 aromatic rings. The number of hydrogen-bond donors (Lipinski definition) is 1. The summed E-state index contributed by atoms with van der Waals surface area (Å²) in [6, 6.07) is 8.86. The fourth-order valence-electron chi connectivity index (χ4n) is 1.49. The van der Waals surface area contributed by atoms with Gasteiger partial charge in [0, 0.05) is 12.4 Å². The molecule has 1 amide bonds. The quantitative estimate of drug-likeness (QED) is 0.691. The van der Waals surface area contributed by atoms with Gasteiger partial charge in [0.2, 0.25) is 0 Å². The van der Waals surface area contributed by atoms with Crippen molar-refractivity contribution >= 4 is 28.1 Å². The maximum absolute atomic E-state index is 11.7. The average molecular weight is 334 g/mol. The van der Waals surface area contributed by atoms with E-state index in [-0.39, 0.29) is 5.91 Å². The molecule has 1 N–H and O–H groups in total. The molecule has 0 radical (unpaired) electrons. The number of halogens is 1.